The third-order valence-corrected chi connectivity index (χ3v) is 1.70. The Balaban J connectivity index is 3.66. The molecule has 0 spiro atoms. The van der Waals surface area contributed by atoms with Gasteiger partial charge < -0.3 is 5.32 Å². The highest BCUT2D eigenvalue weighted by molar-refractivity contribution is 5.13. The maximum absolute atomic E-state index is 3.75. The van der Waals surface area contributed by atoms with Gasteiger partial charge in [-0.3, -0.25) is 0 Å². The fourth-order valence-electron chi connectivity index (χ4n) is 1.05. The van der Waals surface area contributed by atoms with Crippen LogP contribution >= 0.6 is 0 Å². The molecule has 0 amide bonds. The van der Waals surface area contributed by atoms with E-state index in [4.69, 9.17) is 0 Å². The van der Waals surface area contributed by atoms with Crippen LogP contribution in [0.4, 0.5) is 0 Å². The topological polar surface area (TPSA) is 12.0 Å². The van der Waals surface area contributed by atoms with Gasteiger partial charge in [-0.1, -0.05) is 31.7 Å². The van der Waals surface area contributed by atoms with E-state index in [1.807, 2.05) is 6.08 Å². The van der Waals surface area contributed by atoms with Crippen molar-refractivity contribution < 1.29 is 0 Å². The average molecular weight is 179 g/mol. The Hall–Kier alpha value is -0.980. The summed E-state index contributed by atoms with van der Waals surface area (Å²) in [7, 11) is 0. The van der Waals surface area contributed by atoms with E-state index in [0.717, 1.165) is 31.5 Å². The van der Waals surface area contributed by atoms with Gasteiger partial charge in [-0.15, -0.1) is 0 Å². The third-order valence-electron chi connectivity index (χ3n) is 1.70. The molecule has 1 heteroatoms. The standard InChI is InChI=1S/C12H21N/c1-4-7-8-9-10-11-12(5-2)13-6-3/h5,7-8,11,13H,2,4,6,9-10H2,1,3H3/b8-7-,12-11-. The first kappa shape index (κ1) is 12.0. The molecule has 0 aliphatic rings. The molecule has 0 aromatic heterocycles. The van der Waals surface area contributed by atoms with Crippen molar-refractivity contribution in [3.8, 4) is 0 Å². The molecule has 0 unspecified atom stereocenters. The monoisotopic (exact) mass is 179 g/mol. The smallest absolute Gasteiger partial charge is 0.0293 e. The lowest BCUT2D eigenvalue weighted by Gasteiger charge is -2.02. The Kier molecular flexibility index (Phi) is 8.42. The molecule has 0 saturated heterocycles. The highest BCUT2D eigenvalue weighted by Crippen LogP contribution is 1.98. The Morgan fingerprint density at radius 1 is 1.23 bits per heavy atom. The Bertz CT molecular complexity index is 178. The largest absolute Gasteiger partial charge is 0.386 e. The lowest BCUT2D eigenvalue weighted by Crippen LogP contribution is -2.09. The van der Waals surface area contributed by atoms with Crippen LogP contribution in [0.3, 0.4) is 0 Å². The summed E-state index contributed by atoms with van der Waals surface area (Å²) in [5.74, 6) is 0. The zero-order valence-corrected chi connectivity index (χ0v) is 8.84. The van der Waals surface area contributed by atoms with E-state index in [9.17, 15) is 0 Å². The van der Waals surface area contributed by atoms with Crippen molar-refractivity contribution in [1.29, 1.82) is 0 Å². The van der Waals surface area contributed by atoms with Crippen LogP contribution in [0.5, 0.6) is 0 Å². The Morgan fingerprint density at radius 2 is 2.00 bits per heavy atom. The quantitative estimate of drug-likeness (QED) is 0.359. The van der Waals surface area contributed by atoms with Crippen molar-refractivity contribution in [2.45, 2.75) is 33.1 Å². The van der Waals surface area contributed by atoms with Gasteiger partial charge in [-0.2, -0.15) is 0 Å². The van der Waals surface area contributed by atoms with Crippen LogP contribution in [0, 0.1) is 0 Å². The Labute approximate surface area is 82.2 Å². The molecule has 0 atom stereocenters. The van der Waals surface area contributed by atoms with Gasteiger partial charge in [-0.25, -0.2) is 0 Å². The van der Waals surface area contributed by atoms with Gasteiger partial charge in [-0.05, 0) is 32.3 Å². The molecule has 0 saturated carbocycles. The number of nitrogens with one attached hydrogen (secondary N) is 1. The number of likely N-dealkylation sites (N-methyl/N-ethyl adjacent to an activating group) is 1. The predicted molar refractivity (Wildman–Crippen MR) is 60.6 cm³/mol. The van der Waals surface area contributed by atoms with Gasteiger partial charge >= 0.3 is 0 Å². The van der Waals surface area contributed by atoms with Gasteiger partial charge in [0.15, 0.2) is 0 Å². The molecular weight excluding hydrogens is 158 g/mol. The molecule has 0 radical (unpaired) electrons. The minimum atomic E-state index is 0.961. The van der Waals surface area contributed by atoms with E-state index in [2.05, 4.69) is 44.0 Å². The number of hydrogen-bond donors (Lipinski definition) is 1. The summed E-state index contributed by atoms with van der Waals surface area (Å²) in [6.07, 6.45) is 11.8. The maximum atomic E-state index is 3.75. The number of allylic oxidation sites excluding steroid dienone is 4. The average Bonchev–Trinajstić information content (AvgIpc) is 2.16. The first-order valence-electron chi connectivity index (χ1n) is 5.06. The van der Waals surface area contributed by atoms with Crippen molar-refractivity contribution in [3.63, 3.8) is 0 Å². The minimum absolute atomic E-state index is 0.961. The van der Waals surface area contributed by atoms with Gasteiger partial charge in [0.25, 0.3) is 0 Å². The summed E-state index contributed by atoms with van der Waals surface area (Å²) in [6, 6.07) is 0. The van der Waals surface area contributed by atoms with Crippen molar-refractivity contribution in [3.05, 3.63) is 36.6 Å². The molecule has 74 valence electrons. The summed E-state index contributed by atoms with van der Waals surface area (Å²) >= 11 is 0. The molecule has 0 aliphatic carbocycles. The molecule has 1 nitrogen and oxygen atoms in total. The Morgan fingerprint density at radius 3 is 2.54 bits per heavy atom. The van der Waals surface area contributed by atoms with Crippen LogP contribution in [-0.4, -0.2) is 6.54 Å². The van der Waals surface area contributed by atoms with E-state index in [0.29, 0.717) is 0 Å². The van der Waals surface area contributed by atoms with Crippen LogP contribution in [-0.2, 0) is 0 Å². The SMILES string of the molecule is C=C/C(=C/CC/C=C\CC)NCC. The van der Waals surface area contributed by atoms with Crippen LogP contribution in [0.25, 0.3) is 0 Å². The second-order valence-corrected chi connectivity index (χ2v) is 2.85. The molecule has 1 N–H and O–H groups in total. The number of hydrogen-bond acceptors (Lipinski definition) is 1. The summed E-state index contributed by atoms with van der Waals surface area (Å²) < 4.78 is 0. The van der Waals surface area contributed by atoms with Crippen LogP contribution in [0.1, 0.15) is 33.1 Å². The van der Waals surface area contributed by atoms with Crippen molar-refractivity contribution in [1.82, 2.24) is 5.32 Å². The summed E-state index contributed by atoms with van der Waals surface area (Å²) in [5.41, 5.74) is 1.15. The first-order valence-corrected chi connectivity index (χ1v) is 5.06. The molecule has 0 aromatic rings. The van der Waals surface area contributed by atoms with E-state index in [1.54, 1.807) is 0 Å². The molecule has 0 aliphatic heterocycles. The van der Waals surface area contributed by atoms with Gasteiger partial charge in [0.05, 0.1) is 0 Å². The zero-order chi connectivity index (χ0) is 9.94. The minimum Gasteiger partial charge on any atom is -0.386 e. The van der Waals surface area contributed by atoms with Crippen LogP contribution in [0.2, 0.25) is 0 Å². The molecule has 0 bridgehead atoms. The summed E-state index contributed by atoms with van der Waals surface area (Å²) in [4.78, 5) is 0. The predicted octanol–water partition coefficient (Wildman–Crippen LogP) is 3.41. The highest BCUT2D eigenvalue weighted by atomic mass is 14.9. The molecule has 0 aromatic carbocycles. The second kappa shape index (κ2) is 9.11. The van der Waals surface area contributed by atoms with Gasteiger partial charge in [0.2, 0.25) is 0 Å². The van der Waals surface area contributed by atoms with E-state index in [1.165, 1.54) is 0 Å². The number of rotatable bonds is 7. The van der Waals surface area contributed by atoms with Crippen LogP contribution < -0.4 is 5.32 Å². The fourth-order valence-corrected chi connectivity index (χ4v) is 1.05. The summed E-state index contributed by atoms with van der Waals surface area (Å²) in [6.45, 7) is 8.95. The molecular formula is C12H21N. The van der Waals surface area contributed by atoms with Crippen molar-refractivity contribution >= 4 is 0 Å². The maximum Gasteiger partial charge on any atom is 0.0293 e. The molecule has 0 fully saturated rings. The van der Waals surface area contributed by atoms with E-state index >= 15 is 0 Å². The molecule has 13 heavy (non-hydrogen) atoms. The van der Waals surface area contributed by atoms with Gasteiger partial charge in [0, 0.05) is 12.2 Å². The van der Waals surface area contributed by atoms with E-state index < -0.39 is 0 Å². The summed E-state index contributed by atoms with van der Waals surface area (Å²) in [5, 5.41) is 3.24. The third kappa shape index (κ3) is 7.38. The van der Waals surface area contributed by atoms with Crippen molar-refractivity contribution in [2.24, 2.45) is 0 Å². The lowest BCUT2D eigenvalue weighted by molar-refractivity contribution is 0.864. The molecule has 0 rings (SSSR count). The first-order chi connectivity index (χ1) is 6.35. The lowest BCUT2D eigenvalue weighted by atomic mass is 10.2. The zero-order valence-electron chi connectivity index (χ0n) is 8.84. The van der Waals surface area contributed by atoms with E-state index in [-0.39, 0.29) is 0 Å². The fraction of sp³-hybridized carbons (Fsp3) is 0.500. The normalized spacial score (nSPS) is 12.0. The second-order valence-electron chi connectivity index (χ2n) is 2.85. The molecule has 0 heterocycles. The highest BCUT2D eigenvalue weighted by Gasteiger charge is 1.85. The number of unbranched alkanes of at least 4 members (excludes halogenated alkanes) is 1. The van der Waals surface area contributed by atoms with Gasteiger partial charge in [0.1, 0.15) is 0 Å². The van der Waals surface area contributed by atoms with Crippen molar-refractivity contribution in [2.75, 3.05) is 6.54 Å². The van der Waals surface area contributed by atoms with Crippen LogP contribution in [0.15, 0.2) is 36.6 Å².